The fourth-order valence-electron chi connectivity index (χ4n) is 3.39. The number of carboxylic acid groups (broad SMARTS) is 1. The quantitative estimate of drug-likeness (QED) is 0.451. The highest BCUT2D eigenvalue weighted by Crippen LogP contribution is 2.34. The third kappa shape index (κ3) is 5.71. The molecule has 1 aromatic carbocycles. The number of carboxylic acids is 1. The van der Waals surface area contributed by atoms with Crippen molar-refractivity contribution in [1.82, 2.24) is 4.57 Å². The topological polar surface area (TPSA) is 73.1 Å². The number of benzene rings is 1. The Balaban J connectivity index is 1.72. The molecular formula is C25H27ClN2O4. The molecule has 0 radical (unpaired) electrons. The summed E-state index contributed by atoms with van der Waals surface area (Å²) < 4.78 is 13.7. The van der Waals surface area contributed by atoms with Crippen molar-refractivity contribution in [2.24, 2.45) is 4.99 Å². The maximum atomic E-state index is 10.9. The highest BCUT2D eigenvalue weighted by atomic mass is 35.5. The molecule has 0 saturated heterocycles. The van der Waals surface area contributed by atoms with Crippen molar-refractivity contribution in [3.8, 4) is 5.75 Å². The summed E-state index contributed by atoms with van der Waals surface area (Å²) in [6.07, 6.45) is 9.85. The lowest BCUT2D eigenvalue weighted by Crippen LogP contribution is -2.16. The molecule has 0 saturated carbocycles. The molecule has 0 spiro atoms. The average molecular weight is 455 g/mol. The van der Waals surface area contributed by atoms with E-state index in [0.717, 1.165) is 33.6 Å². The molecule has 0 unspecified atom stereocenters. The summed E-state index contributed by atoms with van der Waals surface area (Å²) in [4.78, 5) is 15.7. The first-order valence-electron chi connectivity index (χ1n) is 10.4. The van der Waals surface area contributed by atoms with Gasteiger partial charge in [-0.25, -0.2) is 0 Å². The Labute approximate surface area is 192 Å². The predicted molar refractivity (Wildman–Crippen MR) is 128 cm³/mol. The summed E-state index contributed by atoms with van der Waals surface area (Å²) in [5, 5.41) is 10.3. The zero-order chi connectivity index (χ0) is 23.1. The van der Waals surface area contributed by atoms with Gasteiger partial charge >= 0.3 is 5.97 Å². The maximum absolute atomic E-state index is 10.9. The number of aromatic nitrogens is 1. The summed E-state index contributed by atoms with van der Waals surface area (Å²) in [6.45, 7) is 8.77. The average Bonchev–Trinajstić information content (AvgIpc) is 3.10. The lowest BCUT2D eigenvalue weighted by molar-refractivity contribution is -0.137. The van der Waals surface area contributed by atoms with Gasteiger partial charge in [0.2, 0.25) is 0 Å². The van der Waals surface area contributed by atoms with Crippen molar-refractivity contribution in [3.63, 3.8) is 0 Å². The Morgan fingerprint density at radius 3 is 2.97 bits per heavy atom. The van der Waals surface area contributed by atoms with E-state index in [2.05, 4.69) is 6.58 Å². The number of aliphatic imine (C=N–C) groups is 1. The summed E-state index contributed by atoms with van der Waals surface area (Å²) in [5.74, 6) is 0.602. The molecule has 0 bridgehead atoms. The van der Waals surface area contributed by atoms with E-state index in [1.807, 2.05) is 54.8 Å². The first-order valence-corrected chi connectivity index (χ1v) is 10.8. The van der Waals surface area contributed by atoms with E-state index < -0.39 is 5.97 Å². The Morgan fingerprint density at radius 1 is 1.41 bits per heavy atom. The molecule has 3 rings (SSSR count). The molecular weight excluding hydrogens is 428 g/mol. The van der Waals surface area contributed by atoms with Gasteiger partial charge in [-0.2, -0.15) is 0 Å². The van der Waals surface area contributed by atoms with Crippen molar-refractivity contribution < 1.29 is 19.4 Å². The van der Waals surface area contributed by atoms with Gasteiger partial charge in [-0.1, -0.05) is 48.6 Å². The van der Waals surface area contributed by atoms with E-state index in [1.165, 1.54) is 0 Å². The number of halogens is 1. The number of hydrogen-bond acceptors (Lipinski definition) is 4. The molecule has 168 valence electrons. The minimum Gasteiger partial charge on any atom is -0.492 e. The van der Waals surface area contributed by atoms with Gasteiger partial charge in [0.25, 0.3) is 0 Å². The SMILES string of the molecule is C=C/C=C\C=C(/C)C1=NC(CCOc2cccc3c2c(Cl)cn3CCC(=O)O)=C(C)OC1. The largest absolute Gasteiger partial charge is 0.492 e. The Hall–Kier alpha value is -3.25. The molecule has 2 heterocycles. The van der Waals surface area contributed by atoms with Gasteiger partial charge in [0.1, 0.15) is 18.1 Å². The van der Waals surface area contributed by atoms with Crippen LogP contribution in [0, 0.1) is 0 Å². The van der Waals surface area contributed by atoms with Crippen molar-refractivity contribution in [2.75, 3.05) is 13.2 Å². The smallest absolute Gasteiger partial charge is 0.305 e. The molecule has 7 heteroatoms. The Bertz CT molecular complexity index is 1140. The van der Waals surface area contributed by atoms with E-state index in [1.54, 1.807) is 12.3 Å². The monoisotopic (exact) mass is 454 g/mol. The molecule has 0 aliphatic carbocycles. The third-order valence-electron chi connectivity index (χ3n) is 5.13. The number of ether oxygens (including phenoxy) is 2. The number of fused-ring (bicyclic) bond motifs is 1. The van der Waals surface area contributed by atoms with Crippen LogP contribution < -0.4 is 4.74 Å². The van der Waals surface area contributed by atoms with Gasteiger partial charge in [0.15, 0.2) is 0 Å². The number of nitrogens with zero attached hydrogens (tertiary/aromatic N) is 2. The minimum atomic E-state index is -0.851. The van der Waals surface area contributed by atoms with Gasteiger partial charge in [0, 0.05) is 19.2 Å². The van der Waals surface area contributed by atoms with Crippen molar-refractivity contribution >= 4 is 34.2 Å². The van der Waals surface area contributed by atoms with Gasteiger partial charge < -0.3 is 19.1 Å². The van der Waals surface area contributed by atoms with Crippen LogP contribution >= 0.6 is 11.6 Å². The van der Waals surface area contributed by atoms with Gasteiger partial charge in [0.05, 0.1) is 40.4 Å². The number of allylic oxidation sites excluding steroid dienone is 5. The second-order valence-corrected chi connectivity index (χ2v) is 7.79. The molecule has 0 fully saturated rings. The molecule has 1 aliphatic heterocycles. The zero-order valence-corrected chi connectivity index (χ0v) is 19.1. The minimum absolute atomic E-state index is 0.0240. The fourth-order valence-corrected chi connectivity index (χ4v) is 3.70. The fraction of sp³-hybridized carbons (Fsp3) is 0.280. The molecule has 32 heavy (non-hydrogen) atoms. The summed E-state index contributed by atoms with van der Waals surface area (Å²) in [7, 11) is 0. The van der Waals surface area contributed by atoms with Crippen LogP contribution in [0.2, 0.25) is 5.02 Å². The first kappa shape index (κ1) is 23.4. The third-order valence-corrected chi connectivity index (χ3v) is 5.42. The molecule has 1 aliphatic rings. The van der Waals surface area contributed by atoms with Crippen LogP contribution in [-0.2, 0) is 16.1 Å². The molecule has 0 amide bonds. The standard InChI is InChI=1S/C25H27ClN2O4/c1-4-5-6-8-17(2)21-16-32-18(3)20(27-21)12-14-31-23-10-7-9-22-25(23)19(26)15-28(22)13-11-24(29)30/h4-10,15H,1,11-14,16H2,2-3H3,(H,29,30)/b6-5-,17-8+. The predicted octanol–water partition coefficient (Wildman–Crippen LogP) is 5.93. The lowest BCUT2D eigenvalue weighted by Gasteiger charge is -2.19. The number of carbonyl (C=O) groups is 1. The normalized spacial score (nSPS) is 14.6. The highest BCUT2D eigenvalue weighted by Gasteiger charge is 2.16. The molecule has 1 aromatic heterocycles. The van der Waals surface area contributed by atoms with Crippen LogP contribution in [0.15, 0.2) is 77.3 Å². The molecule has 0 atom stereocenters. The Kier molecular flexibility index (Phi) is 7.95. The first-order chi connectivity index (χ1) is 15.4. The number of hydrogen-bond donors (Lipinski definition) is 1. The van der Waals surface area contributed by atoms with E-state index in [4.69, 9.17) is 31.2 Å². The summed E-state index contributed by atoms with van der Waals surface area (Å²) in [6, 6.07) is 5.65. The Morgan fingerprint density at radius 2 is 2.22 bits per heavy atom. The summed E-state index contributed by atoms with van der Waals surface area (Å²) in [5.41, 5.74) is 3.62. The van der Waals surface area contributed by atoms with Gasteiger partial charge in [-0.05, 0) is 31.6 Å². The van der Waals surface area contributed by atoms with Crippen LogP contribution in [0.4, 0.5) is 0 Å². The summed E-state index contributed by atoms with van der Waals surface area (Å²) >= 11 is 6.44. The van der Waals surface area contributed by atoms with Crippen molar-refractivity contribution in [2.45, 2.75) is 33.2 Å². The molecule has 6 nitrogen and oxygen atoms in total. The van der Waals surface area contributed by atoms with Crippen LogP contribution in [0.25, 0.3) is 10.9 Å². The second-order valence-electron chi connectivity index (χ2n) is 7.38. The van der Waals surface area contributed by atoms with Crippen molar-refractivity contribution in [1.29, 1.82) is 0 Å². The number of rotatable bonds is 10. The lowest BCUT2D eigenvalue weighted by atomic mass is 10.1. The van der Waals surface area contributed by atoms with Crippen LogP contribution in [-0.4, -0.2) is 34.6 Å². The van der Waals surface area contributed by atoms with E-state index in [-0.39, 0.29) is 6.42 Å². The number of aliphatic carboxylic acids is 1. The van der Waals surface area contributed by atoms with E-state index >= 15 is 0 Å². The number of aryl methyl sites for hydroxylation is 1. The van der Waals surface area contributed by atoms with Crippen molar-refractivity contribution in [3.05, 3.63) is 77.3 Å². The van der Waals surface area contributed by atoms with Gasteiger partial charge in [-0.3, -0.25) is 9.79 Å². The van der Waals surface area contributed by atoms with Crippen LogP contribution in [0.3, 0.4) is 0 Å². The van der Waals surface area contributed by atoms with Gasteiger partial charge in [-0.15, -0.1) is 0 Å². The molecule has 1 N–H and O–H groups in total. The highest BCUT2D eigenvalue weighted by molar-refractivity contribution is 6.36. The second kappa shape index (κ2) is 10.9. The van der Waals surface area contributed by atoms with Crippen LogP contribution in [0.1, 0.15) is 26.7 Å². The zero-order valence-electron chi connectivity index (χ0n) is 18.3. The van der Waals surface area contributed by atoms with Crippen LogP contribution in [0.5, 0.6) is 5.75 Å². The molecule has 2 aromatic rings. The van der Waals surface area contributed by atoms with E-state index in [0.29, 0.717) is 37.0 Å². The maximum Gasteiger partial charge on any atom is 0.305 e. The van der Waals surface area contributed by atoms with E-state index in [9.17, 15) is 4.79 Å².